The van der Waals surface area contributed by atoms with E-state index in [-0.39, 0.29) is 11.9 Å². The molecule has 2 atom stereocenters. The van der Waals surface area contributed by atoms with Gasteiger partial charge in [-0.05, 0) is 31.4 Å². The zero-order valence-electron chi connectivity index (χ0n) is 12.0. The first-order chi connectivity index (χ1) is 9.40. The van der Waals surface area contributed by atoms with Crippen LogP contribution in [0.3, 0.4) is 0 Å². The van der Waals surface area contributed by atoms with E-state index >= 15 is 0 Å². The maximum Gasteiger partial charge on any atom is 0.326 e. The van der Waals surface area contributed by atoms with Crippen molar-refractivity contribution in [2.45, 2.75) is 32.9 Å². The average molecular weight is 280 g/mol. The summed E-state index contributed by atoms with van der Waals surface area (Å²) in [4.78, 5) is 26.6. The van der Waals surface area contributed by atoms with Gasteiger partial charge in [0.05, 0.1) is 6.54 Å². The maximum absolute atomic E-state index is 12.4. The molecule has 0 saturated carbocycles. The molecule has 1 N–H and O–H groups in total. The van der Waals surface area contributed by atoms with Crippen molar-refractivity contribution in [3.05, 3.63) is 23.7 Å². The molecule has 1 aliphatic heterocycles. The lowest BCUT2D eigenvalue weighted by molar-refractivity contribution is -0.142. The van der Waals surface area contributed by atoms with Gasteiger partial charge in [-0.1, -0.05) is 6.92 Å². The van der Waals surface area contributed by atoms with Crippen LogP contribution in [0.2, 0.25) is 0 Å². The quantitative estimate of drug-likeness (QED) is 0.918. The molecule has 6 heteroatoms. The average Bonchev–Trinajstić information content (AvgIpc) is 2.94. The third-order valence-electron chi connectivity index (χ3n) is 3.71. The number of hydrogen-bond donors (Lipinski definition) is 1. The van der Waals surface area contributed by atoms with Gasteiger partial charge in [-0.3, -0.25) is 0 Å². The number of rotatable bonds is 3. The van der Waals surface area contributed by atoms with E-state index in [0.717, 1.165) is 12.2 Å². The first-order valence-electron chi connectivity index (χ1n) is 6.70. The molecule has 2 amide bonds. The van der Waals surface area contributed by atoms with Gasteiger partial charge in [0, 0.05) is 13.6 Å². The smallest absolute Gasteiger partial charge is 0.326 e. The summed E-state index contributed by atoms with van der Waals surface area (Å²) in [5.74, 6) is 0.526. The second kappa shape index (κ2) is 5.56. The fourth-order valence-corrected chi connectivity index (χ4v) is 2.63. The van der Waals surface area contributed by atoms with Crippen molar-refractivity contribution in [2.75, 3.05) is 13.6 Å². The van der Waals surface area contributed by atoms with Crippen LogP contribution in [0, 0.1) is 12.8 Å². The molecule has 1 saturated heterocycles. The minimum absolute atomic E-state index is 0.0179. The van der Waals surface area contributed by atoms with E-state index < -0.39 is 12.0 Å². The molecular weight excluding hydrogens is 260 g/mol. The van der Waals surface area contributed by atoms with Crippen LogP contribution < -0.4 is 0 Å². The number of carbonyl (C=O) groups is 2. The number of hydrogen-bond acceptors (Lipinski definition) is 3. The first-order valence-corrected chi connectivity index (χ1v) is 6.70. The van der Waals surface area contributed by atoms with E-state index in [4.69, 9.17) is 4.42 Å². The monoisotopic (exact) mass is 280 g/mol. The number of urea groups is 1. The zero-order valence-corrected chi connectivity index (χ0v) is 12.0. The molecule has 1 fully saturated rings. The molecular formula is C14H20N2O4. The molecule has 20 heavy (non-hydrogen) atoms. The Morgan fingerprint density at radius 1 is 1.50 bits per heavy atom. The molecule has 6 nitrogen and oxygen atoms in total. The molecule has 0 aromatic carbocycles. The zero-order chi connectivity index (χ0) is 14.9. The largest absolute Gasteiger partial charge is 0.480 e. The van der Waals surface area contributed by atoms with Crippen LogP contribution in [0.5, 0.6) is 0 Å². The van der Waals surface area contributed by atoms with E-state index in [1.54, 1.807) is 7.05 Å². The molecule has 0 spiro atoms. The summed E-state index contributed by atoms with van der Waals surface area (Å²) in [6.07, 6.45) is 0.719. The summed E-state index contributed by atoms with van der Waals surface area (Å²) in [5, 5.41) is 9.25. The van der Waals surface area contributed by atoms with Crippen LogP contribution in [-0.4, -0.2) is 46.5 Å². The number of nitrogens with zero attached hydrogens (tertiary/aromatic N) is 2. The number of furan rings is 1. The Morgan fingerprint density at radius 3 is 2.75 bits per heavy atom. The van der Waals surface area contributed by atoms with E-state index in [1.807, 2.05) is 26.0 Å². The summed E-state index contributed by atoms with van der Waals surface area (Å²) in [5.41, 5.74) is 0. The number of carboxylic acid groups (broad SMARTS) is 1. The van der Waals surface area contributed by atoms with Gasteiger partial charge >= 0.3 is 12.0 Å². The molecule has 0 aliphatic carbocycles. The van der Waals surface area contributed by atoms with Gasteiger partial charge in [-0.15, -0.1) is 0 Å². The third-order valence-corrected chi connectivity index (χ3v) is 3.71. The third kappa shape index (κ3) is 2.79. The fraction of sp³-hybridized carbons (Fsp3) is 0.571. The standard InChI is InChI=1S/C14H20N2O4/c1-9-6-7-16(12(9)13(17)18)14(19)15(3)8-11-5-4-10(2)20-11/h4-5,9,12H,6-8H2,1-3H3,(H,17,18). The van der Waals surface area contributed by atoms with Crippen LogP contribution >= 0.6 is 0 Å². The summed E-state index contributed by atoms with van der Waals surface area (Å²) in [6, 6.07) is 2.66. The SMILES string of the molecule is Cc1ccc(CN(C)C(=O)N2CCC(C)C2C(=O)O)o1. The van der Waals surface area contributed by atoms with E-state index in [2.05, 4.69) is 0 Å². The van der Waals surface area contributed by atoms with Crippen molar-refractivity contribution in [3.63, 3.8) is 0 Å². The Bertz CT molecular complexity index is 511. The van der Waals surface area contributed by atoms with Crippen LogP contribution in [0.15, 0.2) is 16.5 Å². The van der Waals surface area contributed by atoms with Gasteiger partial charge in [0.25, 0.3) is 0 Å². The Labute approximate surface area is 118 Å². The second-order valence-electron chi connectivity index (χ2n) is 5.39. The van der Waals surface area contributed by atoms with Gasteiger partial charge in [0.1, 0.15) is 17.6 Å². The summed E-state index contributed by atoms with van der Waals surface area (Å²) < 4.78 is 5.43. The molecule has 1 aromatic rings. The van der Waals surface area contributed by atoms with Gasteiger partial charge in [-0.25, -0.2) is 9.59 Å². The molecule has 1 aromatic heterocycles. The maximum atomic E-state index is 12.4. The Morgan fingerprint density at radius 2 is 2.20 bits per heavy atom. The topological polar surface area (TPSA) is 74.0 Å². The predicted molar refractivity (Wildman–Crippen MR) is 72.2 cm³/mol. The second-order valence-corrected chi connectivity index (χ2v) is 5.39. The molecule has 0 radical (unpaired) electrons. The molecule has 2 rings (SSSR count). The van der Waals surface area contributed by atoms with Crippen LogP contribution in [-0.2, 0) is 11.3 Å². The van der Waals surface area contributed by atoms with Crippen molar-refractivity contribution in [3.8, 4) is 0 Å². The fourth-order valence-electron chi connectivity index (χ4n) is 2.63. The van der Waals surface area contributed by atoms with Crippen molar-refractivity contribution in [1.29, 1.82) is 0 Å². The normalized spacial score (nSPS) is 22.1. The van der Waals surface area contributed by atoms with Crippen molar-refractivity contribution in [1.82, 2.24) is 9.80 Å². The van der Waals surface area contributed by atoms with Gasteiger partial charge in [-0.2, -0.15) is 0 Å². The number of carbonyl (C=O) groups excluding carboxylic acids is 1. The number of aryl methyl sites for hydroxylation is 1. The van der Waals surface area contributed by atoms with Gasteiger partial charge in [0.2, 0.25) is 0 Å². The highest BCUT2D eigenvalue weighted by atomic mass is 16.4. The summed E-state index contributed by atoms with van der Waals surface area (Å²) in [7, 11) is 1.65. The lowest BCUT2D eigenvalue weighted by Gasteiger charge is -2.28. The number of amides is 2. The highest BCUT2D eigenvalue weighted by molar-refractivity contribution is 5.83. The highest BCUT2D eigenvalue weighted by Gasteiger charge is 2.40. The lowest BCUT2D eigenvalue weighted by Crippen LogP contribution is -2.47. The van der Waals surface area contributed by atoms with E-state index in [1.165, 1.54) is 9.80 Å². The molecule has 2 unspecified atom stereocenters. The summed E-state index contributed by atoms with van der Waals surface area (Å²) in [6.45, 7) is 4.53. The first kappa shape index (κ1) is 14.4. The van der Waals surface area contributed by atoms with Crippen molar-refractivity contribution >= 4 is 12.0 Å². The van der Waals surface area contributed by atoms with Crippen molar-refractivity contribution in [2.24, 2.45) is 5.92 Å². The Kier molecular flexibility index (Phi) is 4.01. The van der Waals surface area contributed by atoms with Crippen LogP contribution in [0.1, 0.15) is 24.9 Å². The molecule has 1 aliphatic rings. The predicted octanol–water partition coefficient (Wildman–Crippen LogP) is 1.93. The lowest BCUT2D eigenvalue weighted by atomic mass is 10.0. The number of likely N-dealkylation sites (tertiary alicyclic amines) is 1. The Hall–Kier alpha value is -1.98. The van der Waals surface area contributed by atoms with Crippen LogP contribution in [0.25, 0.3) is 0 Å². The Balaban J connectivity index is 2.04. The van der Waals surface area contributed by atoms with Crippen LogP contribution in [0.4, 0.5) is 4.79 Å². The van der Waals surface area contributed by atoms with E-state index in [0.29, 0.717) is 18.8 Å². The number of aliphatic carboxylic acids is 1. The molecule has 0 bridgehead atoms. The number of carboxylic acids is 1. The van der Waals surface area contributed by atoms with Gasteiger partial charge in [0.15, 0.2) is 0 Å². The van der Waals surface area contributed by atoms with Crippen molar-refractivity contribution < 1.29 is 19.1 Å². The van der Waals surface area contributed by atoms with Gasteiger partial charge < -0.3 is 19.3 Å². The highest BCUT2D eigenvalue weighted by Crippen LogP contribution is 2.25. The van der Waals surface area contributed by atoms with E-state index in [9.17, 15) is 14.7 Å². The minimum atomic E-state index is -0.939. The molecule has 110 valence electrons. The molecule has 2 heterocycles. The minimum Gasteiger partial charge on any atom is -0.480 e. The summed E-state index contributed by atoms with van der Waals surface area (Å²) >= 11 is 0.